The molecule has 0 fully saturated rings. The summed E-state index contributed by atoms with van der Waals surface area (Å²) < 4.78 is 11.8. The first kappa shape index (κ1) is 7.65. The zero-order valence-corrected chi connectivity index (χ0v) is 5.46. The molecule has 0 bridgehead atoms. The number of hydrogen-bond donors (Lipinski definition) is 0. The van der Waals surface area contributed by atoms with Gasteiger partial charge in [-0.25, -0.2) is 4.39 Å². The van der Waals surface area contributed by atoms with Crippen molar-refractivity contribution in [3.05, 3.63) is 23.6 Å². The van der Waals surface area contributed by atoms with Crippen LogP contribution < -0.4 is 5.11 Å². The Morgan fingerprint density at radius 3 is 2.64 bits per heavy atom. The van der Waals surface area contributed by atoms with Crippen LogP contribution in [0.5, 0.6) is 0 Å². The fourth-order valence-corrected chi connectivity index (χ4v) is 0.818. The number of halogens is 1. The number of allylic oxidation sites excluding steroid dienone is 2. The molecule has 0 aromatic heterocycles. The maximum Gasteiger partial charge on any atom is 0.184 e. The second-order valence-corrected chi connectivity index (χ2v) is 2.13. The Bertz CT molecular complexity index is 275. The quantitative estimate of drug-likeness (QED) is 0.479. The summed E-state index contributed by atoms with van der Waals surface area (Å²) in [6.07, 6.45) is 0.827. The zero-order valence-electron chi connectivity index (χ0n) is 5.46. The number of hydrogen-bond acceptors (Lipinski definition) is 3. The first-order chi connectivity index (χ1) is 5.15. The monoisotopic (exact) mass is 155 g/mol. The van der Waals surface area contributed by atoms with Gasteiger partial charge in [-0.15, -0.1) is 0 Å². The summed E-state index contributed by atoms with van der Waals surface area (Å²) in [4.78, 5) is 20.8. The van der Waals surface area contributed by atoms with E-state index in [0.717, 1.165) is 6.08 Å². The van der Waals surface area contributed by atoms with Gasteiger partial charge in [0.1, 0.15) is 0 Å². The Labute approximate surface area is 61.8 Å². The molecule has 11 heavy (non-hydrogen) atoms. The molecule has 0 spiro atoms. The Morgan fingerprint density at radius 1 is 1.73 bits per heavy atom. The van der Waals surface area contributed by atoms with Gasteiger partial charge in [0.05, 0.1) is 12.3 Å². The Kier molecular flexibility index (Phi) is 1.85. The van der Waals surface area contributed by atoms with Gasteiger partial charge >= 0.3 is 0 Å². The molecular weight excluding hydrogens is 151 g/mol. The van der Waals surface area contributed by atoms with Crippen LogP contribution in [0, 0.1) is 0 Å². The largest absolute Gasteiger partial charge is 0.545 e. The van der Waals surface area contributed by atoms with E-state index < -0.39 is 11.8 Å². The van der Waals surface area contributed by atoms with Crippen LogP contribution in [0.15, 0.2) is 23.6 Å². The fourth-order valence-electron chi connectivity index (χ4n) is 0.818. The molecule has 0 atom stereocenters. The van der Waals surface area contributed by atoms with Crippen molar-refractivity contribution in [1.29, 1.82) is 0 Å². The minimum atomic E-state index is -1.42. The maximum atomic E-state index is 11.8. The number of aliphatic carboxylic acids is 1. The molecule has 58 valence electrons. The fraction of sp³-hybridized carbons (Fsp3) is 0.143. The number of carboxylic acids is 1. The molecule has 0 N–H and O–H groups in total. The van der Waals surface area contributed by atoms with Crippen LogP contribution in [0.4, 0.5) is 4.39 Å². The predicted octanol–water partition coefficient (Wildman–Crippen LogP) is -0.511. The summed E-state index contributed by atoms with van der Waals surface area (Å²) in [6.45, 7) is 0. The van der Waals surface area contributed by atoms with E-state index in [1.54, 1.807) is 0 Å². The highest BCUT2D eigenvalue weighted by molar-refractivity contribution is 6.12. The molecule has 0 radical (unpaired) electrons. The minimum Gasteiger partial charge on any atom is -0.545 e. The molecule has 3 nitrogen and oxygen atoms in total. The third-order valence-corrected chi connectivity index (χ3v) is 1.40. The number of carboxylic acid groups (broad SMARTS) is 1. The van der Waals surface area contributed by atoms with Gasteiger partial charge in [-0.3, -0.25) is 4.79 Å². The van der Waals surface area contributed by atoms with Crippen molar-refractivity contribution in [1.82, 2.24) is 0 Å². The number of ketones is 1. The van der Waals surface area contributed by atoms with Crippen LogP contribution in [0.1, 0.15) is 6.42 Å². The SMILES string of the molecule is O=C([O-])C1=CC(=O)/C(=C/F)C1. The molecule has 0 aliphatic heterocycles. The predicted molar refractivity (Wildman–Crippen MR) is 31.9 cm³/mol. The van der Waals surface area contributed by atoms with Crippen molar-refractivity contribution in [2.24, 2.45) is 0 Å². The van der Waals surface area contributed by atoms with Crippen LogP contribution >= 0.6 is 0 Å². The van der Waals surface area contributed by atoms with Gasteiger partial charge in [0.25, 0.3) is 0 Å². The summed E-state index contributed by atoms with van der Waals surface area (Å²) in [6, 6.07) is 0. The molecule has 1 aliphatic carbocycles. The van der Waals surface area contributed by atoms with Crippen molar-refractivity contribution < 1.29 is 19.1 Å². The summed E-state index contributed by atoms with van der Waals surface area (Å²) >= 11 is 0. The molecule has 1 rings (SSSR count). The van der Waals surface area contributed by atoms with Crippen LogP contribution in [0.2, 0.25) is 0 Å². The van der Waals surface area contributed by atoms with Crippen LogP contribution in [0.25, 0.3) is 0 Å². The summed E-state index contributed by atoms with van der Waals surface area (Å²) in [5, 5.41) is 10.1. The van der Waals surface area contributed by atoms with Gasteiger partial charge in [-0.2, -0.15) is 0 Å². The van der Waals surface area contributed by atoms with E-state index in [1.165, 1.54) is 0 Å². The highest BCUT2D eigenvalue weighted by Crippen LogP contribution is 2.20. The molecule has 0 aromatic rings. The molecule has 4 heteroatoms. The van der Waals surface area contributed by atoms with Gasteiger partial charge in [-0.05, 0) is 11.6 Å². The smallest absolute Gasteiger partial charge is 0.184 e. The highest BCUT2D eigenvalue weighted by Gasteiger charge is 2.18. The van der Waals surface area contributed by atoms with Crippen molar-refractivity contribution in [3.8, 4) is 0 Å². The number of rotatable bonds is 1. The van der Waals surface area contributed by atoms with Gasteiger partial charge in [-0.1, -0.05) is 0 Å². The highest BCUT2D eigenvalue weighted by atomic mass is 19.1. The first-order valence-electron chi connectivity index (χ1n) is 2.90. The Balaban J connectivity index is 2.88. The van der Waals surface area contributed by atoms with E-state index >= 15 is 0 Å². The second kappa shape index (κ2) is 2.65. The lowest BCUT2D eigenvalue weighted by molar-refractivity contribution is -0.299. The second-order valence-electron chi connectivity index (χ2n) is 2.13. The van der Waals surface area contributed by atoms with E-state index in [4.69, 9.17) is 0 Å². The first-order valence-corrected chi connectivity index (χ1v) is 2.90. The lowest BCUT2D eigenvalue weighted by atomic mass is 10.2. The van der Waals surface area contributed by atoms with Crippen LogP contribution in [-0.2, 0) is 9.59 Å². The third kappa shape index (κ3) is 1.34. The molecule has 0 unspecified atom stereocenters. The van der Waals surface area contributed by atoms with E-state index in [-0.39, 0.29) is 23.9 Å². The van der Waals surface area contributed by atoms with Gasteiger partial charge in [0, 0.05) is 12.0 Å². The van der Waals surface area contributed by atoms with Gasteiger partial charge < -0.3 is 9.90 Å². The molecular formula is C7H4FO3-. The van der Waals surface area contributed by atoms with E-state index in [0.29, 0.717) is 0 Å². The van der Waals surface area contributed by atoms with Crippen molar-refractivity contribution in [3.63, 3.8) is 0 Å². The van der Waals surface area contributed by atoms with E-state index in [9.17, 15) is 19.1 Å². The standard InChI is InChI=1S/C7H5FO3/c8-3-5-1-4(7(10)11)2-6(5)9/h2-3H,1H2,(H,10,11)/p-1/b5-3+. The molecule has 0 saturated heterocycles. The third-order valence-electron chi connectivity index (χ3n) is 1.40. The number of carbonyl (C=O) groups is 2. The topological polar surface area (TPSA) is 57.2 Å². The van der Waals surface area contributed by atoms with Crippen molar-refractivity contribution >= 4 is 11.8 Å². The lowest BCUT2D eigenvalue weighted by Crippen LogP contribution is -2.23. The summed E-state index contributed by atoms with van der Waals surface area (Å²) in [7, 11) is 0. The zero-order chi connectivity index (χ0) is 8.43. The number of carbonyl (C=O) groups excluding carboxylic acids is 2. The summed E-state index contributed by atoms with van der Waals surface area (Å²) in [5.74, 6) is -2.01. The van der Waals surface area contributed by atoms with Crippen molar-refractivity contribution in [2.45, 2.75) is 6.42 Å². The Morgan fingerprint density at radius 2 is 2.36 bits per heavy atom. The average Bonchev–Trinajstić information content (AvgIpc) is 2.31. The normalized spacial score (nSPS) is 20.6. The van der Waals surface area contributed by atoms with Crippen LogP contribution in [-0.4, -0.2) is 11.8 Å². The Hall–Kier alpha value is -1.45. The maximum absolute atomic E-state index is 11.8. The van der Waals surface area contributed by atoms with Crippen molar-refractivity contribution in [2.75, 3.05) is 0 Å². The average molecular weight is 155 g/mol. The molecule has 0 amide bonds. The van der Waals surface area contributed by atoms with E-state index in [1.807, 2.05) is 0 Å². The van der Waals surface area contributed by atoms with Gasteiger partial charge in [0.2, 0.25) is 0 Å². The summed E-state index contributed by atoms with van der Waals surface area (Å²) in [5.41, 5.74) is -0.303. The lowest BCUT2D eigenvalue weighted by Gasteiger charge is -1.98. The molecule has 0 saturated carbocycles. The molecule has 0 aromatic carbocycles. The van der Waals surface area contributed by atoms with Crippen LogP contribution in [0.3, 0.4) is 0 Å². The molecule has 1 aliphatic rings. The van der Waals surface area contributed by atoms with Gasteiger partial charge in [0.15, 0.2) is 5.78 Å². The minimum absolute atomic E-state index is 0.120. The molecule has 0 heterocycles. The van der Waals surface area contributed by atoms with E-state index in [2.05, 4.69) is 0 Å².